The lowest BCUT2D eigenvalue weighted by Crippen LogP contribution is -2.44. The molecular weight excluding hydrogens is 581 g/mol. The summed E-state index contributed by atoms with van der Waals surface area (Å²) in [5.41, 5.74) is 2.53. The fourth-order valence-electron chi connectivity index (χ4n) is 6.58. The number of piperazine rings is 1. The van der Waals surface area contributed by atoms with Crippen LogP contribution in [0, 0.1) is 11.2 Å². The van der Waals surface area contributed by atoms with Crippen LogP contribution in [0.2, 0.25) is 0 Å². The maximum atomic E-state index is 15.4. The van der Waals surface area contributed by atoms with Gasteiger partial charge in [0.1, 0.15) is 11.2 Å². The molecule has 3 aliphatic heterocycles. The van der Waals surface area contributed by atoms with E-state index >= 15 is 4.39 Å². The summed E-state index contributed by atoms with van der Waals surface area (Å²) >= 11 is 1.48. The van der Waals surface area contributed by atoms with Crippen molar-refractivity contribution in [3.63, 3.8) is 0 Å². The number of fused-ring (bicyclic) bond motifs is 1. The minimum Gasteiger partial charge on any atom is -0.366 e. The molecule has 2 atom stereocenters. The van der Waals surface area contributed by atoms with Crippen molar-refractivity contribution in [1.29, 1.82) is 0 Å². The highest BCUT2D eigenvalue weighted by molar-refractivity contribution is 8.01. The molecule has 6 rings (SSSR count). The van der Waals surface area contributed by atoms with Crippen molar-refractivity contribution in [1.82, 2.24) is 29.7 Å². The second-order valence-corrected chi connectivity index (χ2v) is 14.5. The number of amides is 2. The first-order valence-corrected chi connectivity index (χ1v) is 16.6. The van der Waals surface area contributed by atoms with E-state index in [0.29, 0.717) is 56.9 Å². The third-order valence-electron chi connectivity index (χ3n) is 8.99. The van der Waals surface area contributed by atoms with Gasteiger partial charge in [-0.2, -0.15) is 0 Å². The molecule has 3 saturated heterocycles. The Hall–Kier alpha value is -3.38. The molecular formula is C32H42FN7O3S. The molecule has 1 aromatic carbocycles. The number of hydrogen-bond donors (Lipinski definition) is 2. The van der Waals surface area contributed by atoms with Crippen LogP contribution < -0.4 is 15.9 Å². The second kappa shape index (κ2) is 12.5. The summed E-state index contributed by atoms with van der Waals surface area (Å²) in [7, 11) is 0. The molecule has 2 N–H and O–H groups in total. The summed E-state index contributed by atoms with van der Waals surface area (Å²) in [5.74, 6) is -0.387. The second-order valence-electron chi connectivity index (χ2n) is 13.2. The number of pyridine rings is 1. The minimum absolute atomic E-state index is 0.0138. The van der Waals surface area contributed by atoms with Gasteiger partial charge in [-0.25, -0.2) is 14.2 Å². The van der Waals surface area contributed by atoms with Crippen LogP contribution in [0.15, 0.2) is 41.3 Å². The SMILES string of the molecule is CC(C)(C)CCN1C(=O)[C@H](CC(=O)N2CCC(n3c(=O)[nH]c4ncccc43)CC2)SC1c1cccc(F)c1N1CCNCC1. The van der Waals surface area contributed by atoms with Crippen LogP contribution in [0.1, 0.15) is 63.4 Å². The summed E-state index contributed by atoms with van der Waals surface area (Å²) in [6.45, 7) is 11.0. The van der Waals surface area contributed by atoms with Crippen LogP contribution in [0.5, 0.6) is 0 Å². The number of aromatic nitrogens is 3. The Morgan fingerprint density at radius 3 is 2.55 bits per heavy atom. The van der Waals surface area contributed by atoms with E-state index in [1.54, 1.807) is 16.8 Å². The lowest BCUT2D eigenvalue weighted by atomic mass is 9.92. The number of rotatable bonds is 7. The van der Waals surface area contributed by atoms with Gasteiger partial charge >= 0.3 is 5.69 Å². The number of carbonyl (C=O) groups is 2. The fraction of sp³-hybridized carbons (Fsp3) is 0.562. The zero-order chi connectivity index (χ0) is 31.0. The van der Waals surface area contributed by atoms with Gasteiger partial charge in [-0.3, -0.25) is 19.1 Å². The van der Waals surface area contributed by atoms with Crippen LogP contribution in [0.25, 0.3) is 11.2 Å². The molecule has 3 aromatic rings. The van der Waals surface area contributed by atoms with E-state index in [4.69, 9.17) is 0 Å². The van der Waals surface area contributed by atoms with E-state index in [1.807, 2.05) is 28.0 Å². The Morgan fingerprint density at radius 1 is 1.07 bits per heavy atom. The third-order valence-corrected chi connectivity index (χ3v) is 10.5. The molecule has 0 radical (unpaired) electrons. The smallest absolute Gasteiger partial charge is 0.327 e. The first-order chi connectivity index (χ1) is 21.1. The largest absolute Gasteiger partial charge is 0.366 e. The number of hydrogen-bond acceptors (Lipinski definition) is 7. The predicted molar refractivity (Wildman–Crippen MR) is 171 cm³/mol. The van der Waals surface area contributed by atoms with Crippen LogP contribution in [0.4, 0.5) is 10.1 Å². The number of nitrogens with one attached hydrogen (secondary N) is 2. The van der Waals surface area contributed by atoms with E-state index in [2.05, 4.69) is 41.0 Å². The molecule has 3 fully saturated rings. The van der Waals surface area contributed by atoms with Gasteiger partial charge in [-0.1, -0.05) is 32.9 Å². The van der Waals surface area contributed by atoms with E-state index < -0.39 is 5.25 Å². The summed E-state index contributed by atoms with van der Waals surface area (Å²) in [4.78, 5) is 53.0. The van der Waals surface area contributed by atoms with Gasteiger partial charge in [0.15, 0.2) is 5.65 Å². The lowest BCUT2D eigenvalue weighted by molar-refractivity contribution is -0.136. The molecule has 0 aliphatic carbocycles. The Morgan fingerprint density at radius 2 is 1.82 bits per heavy atom. The van der Waals surface area contributed by atoms with Gasteiger partial charge in [0, 0.05) is 70.0 Å². The Kier molecular flexibility index (Phi) is 8.74. The van der Waals surface area contributed by atoms with Crippen molar-refractivity contribution >= 4 is 40.4 Å². The van der Waals surface area contributed by atoms with Gasteiger partial charge in [-0.15, -0.1) is 11.8 Å². The monoisotopic (exact) mass is 623 g/mol. The zero-order valence-electron chi connectivity index (χ0n) is 25.7. The first-order valence-electron chi connectivity index (χ1n) is 15.6. The topological polar surface area (TPSA) is 107 Å². The Balaban J connectivity index is 1.18. The summed E-state index contributed by atoms with van der Waals surface area (Å²) < 4.78 is 17.2. The number of likely N-dealkylation sites (tertiary alicyclic amines) is 1. The van der Waals surface area contributed by atoms with Crippen molar-refractivity contribution in [3.8, 4) is 0 Å². The van der Waals surface area contributed by atoms with E-state index in [9.17, 15) is 14.4 Å². The highest BCUT2D eigenvalue weighted by atomic mass is 32.2. The van der Waals surface area contributed by atoms with Crippen molar-refractivity contribution < 1.29 is 14.0 Å². The average molecular weight is 624 g/mol. The normalized spacial score (nSPS) is 21.9. The molecule has 236 valence electrons. The van der Waals surface area contributed by atoms with Crippen LogP contribution in [-0.4, -0.2) is 87.2 Å². The lowest BCUT2D eigenvalue weighted by Gasteiger charge is -2.34. The Labute approximate surface area is 261 Å². The third kappa shape index (κ3) is 6.24. The van der Waals surface area contributed by atoms with E-state index in [-0.39, 0.29) is 46.6 Å². The number of aromatic amines is 1. The predicted octanol–water partition coefficient (Wildman–Crippen LogP) is 3.91. The van der Waals surface area contributed by atoms with Gasteiger partial charge < -0.3 is 20.0 Å². The number of imidazole rings is 1. The molecule has 3 aliphatic rings. The van der Waals surface area contributed by atoms with Crippen molar-refractivity contribution in [2.24, 2.45) is 5.41 Å². The van der Waals surface area contributed by atoms with Crippen molar-refractivity contribution in [2.45, 2.75) is 63.1 Å². The fourth-order valence-corrected chi connectivity index (χ4v) is 8.08. The molecule has 10 nitrogen and oxygen atoms in total. The number of H-pyrrole nitrogens is 1. The average Bonchev–Trinajstić information content (AvgIpc) is 3.51. The highest BCUT2D eigenvalue weighted by Gasteiger charge is 2.44. The standard InChI is InChI=1S/C32H42FN7O3S/c1-32(2,3)11-17-39-29(42)25(44-30(39)22-6-4-7-23(33)27(22)38-18-13-34-14-19-38)20-26(41)37-15-9-21(10-16-37)40-24-8-5-12-35-28(24)36-31(40)43/h4-8,12,21,25,30,34H,9-11,13-20H2,1-3H3,(H,35,36,43)/t25-,30?/m0/s1. The van der Waals surface area contributed by atoms with Crippen LogP contribution >= 0.6 is 11.8 Å². The van der Waals surface area contributed by atoms with Gasteiger partial charge in [-0.05, 0) is 42.9 Å². The van der Waals surface area contributed by atoms with Gasteiger partial charge in [0.2, 0.25) is 11.8 Å². The number of para-hydroxylation sites is 1. The van der Waals surface area contributed by atoms with Crippen LogP contribution in [0.3, 0.4) is 0 Å². The summed E-state index contributed by atoms with van der Waals surface area (Å²) in [6, 6.07) is 8.83. The highest BCUT2D eigenvalue weighted by Crippen LogP contribution is 2.48. The number of nitrogens with zero attached hydrogens (tertiary/aromatic N) is 5. The summed E-state index contributed by atoms with van der Waals surface area (Å²) in [6.07, 6.45) is 3.85. The summed E-state index contributed by atoms with van der Waals surface area (Å²) in [5, 5.41) is 2.43. The number of anilines is 1. The quantitative estimate of drug-likeness (QED) is 0.411. The number of halogens is 1. The van der Waals surface area contributed by atoms with E-state index in [1.165, 1.54) is 17.8 Å². The van der Waals surface area contributed by atoms with Crippen molar-refractivity contribution in [2.75, 3.05) is 50.7 Å². The molecule has 0 spiro atoms. The first kappa shape index (κ1) is 30.6. The minimum atomic E-state index is -0.536. The van der Waals surface area contributed by atoms with Crippen molar-refractivity contribution in [3.05, 3.63) is 58.4 Å². The van der Waals surface area contributed by atoms with Crippen LogP contribution in [-0.2, 0) is 9.59 Å². The van der Waals surface area contributed by atoms with Gasteiger partial charge in [0.05, 0.1) is 16.5 Å². The maximum absolute atomic E-state index is 15.4. The number of thioether (sulfide) groups is 1. The maximum Gasteiger partial charge on any atom is 0.327 e. The Bertz CT molecular complexity index is 1570. The van der Waals surface area contributed by atoms with E-state index in [0.717, 1.165) is 30.6 Å². The zero-order valence-corrected chi connectivity index (χ0v) is 26.5. The molecule has 44 heavy (non-hydrogen) atoms. The molecule has 0 bridgehead atoms. The van der Waals surface area contributed by atoms with Gasteiger partial charge in [0.25, 0.3) is 0 Å². The number of piperidine rings is 1. The number of benzene rings is 1. The molecule has 0 saturated carbocycles. The number of carbonyl (C=O) groups excluding carboxylic acids is 2. The molecule has 2 aromatic heterocycles. The molecule has 1 unspecified atom stereocenters. The molecule has 12 heteroatoms. The molecule has 2 amide bonds. The molecule has 5 heterocycles.